The maximum Gasteiger partial charge on any atom is 0.224 e. The molecule has 1 aromatic carbocycles. The van der Waals surface area contributed by atoms with E-state index in [1.54, 1.807) is 0 Å². The van der Waals surface area contributed by atoms with Gasteiger partial charge in [0.1, 0.15) is 0 Å². The van der Waals surface area contributed by atoms with Crippen molar-refractivity contribution in [3.05, 3.63) is 71.0 Å². The lowest BCUT2D eigenvalue weighted by Crippen LogP contribution is -2.26. The highest BCUT2D eigenvalue weighted by atomic mass is 16.1. The minimum absolute atomic E-state index is 0.142. The Morgan fingerprint density at radius 2 is 1.75 bits per heavy atom. The van der Waals surface area contributed by atoms with Crippen molar-refractivity contribution >= 4 is 5.91 Å². The third-order valence-corrected chi connectivity index (χ3v) is 3.43. The molecule has 2 nitrogen and oxygen atoms in total. The summed E-state index contributed by atoms with van der Waals surface area (Å²) in [5.41, 5.74) is 4.96. The fraction of sp³-hybridized carbons (Fsp3) is 0.278. The van der Waals surface area contributed by atoms with Crippen molar-refractivity contribution in [2.45, 2.75) is 33.1 Å². The first-order valence-electron chi connectivity index (χ1n) is 7.03. The number of allylic oxidation sites excluding steroid dienone is 5. The Kier molecular flexibility index (Phi) is 4.94. The lowest BCUT2D eigenvalue weighted by Gasteiger charge is -2.17. The van der Waals surface area contributed by atoms with E-state index in [0.29, 0.717) is 6.42 Å². The van der Waals surface area contributed by atoms with Crippen LogP contribution in [0.4, 0.5) is 0 Å². The molecule has 1 aliphatic carbocycles. The van der Waals surface area contributed by atoms with E-state index in [-0.39, 0.29) is 5.91 Å². The van der Waals surface area contributed by atoms with Crippen molar-refractivity contribution in [1.82, 2.24) is 5.32 Å². The van der Waals surface area contributed by atoms with Crippen LogP contribution in [-0.2, 0) is 4.79 Å². The summed E-state index contributed by atoms with van der Waals surface area (Å²) in [7, 11) is 0. The molecule has 20 heavy (non-hydrogen) atoms. The highest BCUT2D eigenvalue weighted by Crippen LogP contribution is 2.23. The first-order valence-corrected chi connectivity index (χ1v) is 7.03. The Labute approximate surface area is 120 Å². The first-order chi connectivity index (χ1) is 9.65. The smallest absolute Gasteiger partial charge is 0.224 e. The van der Waals surface area contributed by atoms with Crippen LogP contribution >= 0.6 is 0 Å². The molecule has 1 aromatic rings. The van der Waals surface area contributed by atoms with Crippen molar-refractivity contribution in [3.63, 3.8) is 0 Å². The Morgan fingerprint density at radius 3 is 2.40 bits per heavy atom. The van der Waals surface area contributed by atoms with Crippen LogP contribution in [0.5, 0.6) is 0 Å². The van der Waals surface area contributed by atoms with Crippen LogP contribution in [0.15, 0.2) is 65.4 Å². The normalized spacial score (nSPS) is 17.3. The molecule has 1 aliphatic heterocycles. The molecule has 0 unspecified atom stereocenters. The molecule has 0 atom stereocenters. The van der Waals surface area contributed by atoms with E-state index in [9.17, 15) is 4.79 Å². The van der Waals surface area contributed by atoms with E-state index in [1.165, 1.54) is 16.7 Å². The maximum absolute atomic E-state index is 11.1. The molecular weight excluding hydrogens is 246 g/mol. The average molecular weight is 267 g/mol. The van der Waals surface area contributed by atoms with E-state index in [2.05, 4.69) is 37.4 Å². The van der Waals surface area contributed by atoms with Crippen molar-refractivity contribution < 1.29 is 4.79 Å². The van der Waals surface area contributed by atoms with E-state index in [4.69, 9.17) is 0 Å². The molecule has 0 bridgehead atoms. The van der Waals surface area contributed by atoms with Gasteiger partial charge in [-0.05, 0) is 38.3 Å². The van der Waals surface area contributed by atoms with Crippen LogP contribution in [0, 0.1) is 6.92 Å². The van der Waals surface area contributed by atoms with E-state index < -0.39 is 0 Å². The number of hydrogen-bond donors (Lipinski definition) is 1. The SMILES string of the molecule is CC1=CCC2=C(C=C1)NC(=O)CC2.Cc1ccccc1. The van der Waals surface area contributed by atoms with Crippen LogP contribution in [0.25, 0.3) is 0 Å². The fourth-order valence-corrected chi connectivity index (χ4v) is 2.17. The molecule has 0 radical (unpaired) electrons. The molecule has 0 saturated carbocycles. The summed E-state index contributed by atoms with van der Waals surface area (Å²) in [6.45, 7) is 4.16. The Hall–Kier alpha value is -2.09. The fourth-order valence-electron chi connectivity index (χ4n) is 2.17. The Balaban J connectivity index is 0.000000178. The molecule has 2 heteroatoms. The van der Waals surface area contributed by atoms with Gasteiger partial charge in [-0.1, -0.05) is 53.6 Å². The summed E-state index contributed by atoms with van der Waals surface area (Å²) in [5, 5.41) is 2.90. The highest BCUT2D eigenvalue weighted by Gasteiger charge is 2.15. The molecule has 104 valence electrons. The number of aryl methyl sites for hydroxylation is 1. The van der Waals surface area contributed by atoms with Gasteiger partial charge in [-0.3, -0.25) is 4.79 Å². The number of rotatable bonds is 0. The zero-order valence-electron chi connectivity index (χ0n) is 12.1. The van der Waals surface area contributed by atoms with Gasteiger partial charge in [0.2, 0.25) is 5.91 Å². The quantitative estimate of drug-likeness (QED) is 0.755. The second-order valence-electron chi connectivity index (χ2n) is 5.21. The monoisotopic (exact) mass is 267 g/mol. The molecule has 1 heterocycles. The second kappa shape index (κ2) is 6.90. The standard InChI is InChI=1S/C11H13NO.C7H8/c1-8-2-4-9-5-7-11(13)12-10(9)6-3-8;1-7-5-3-2-4-6-7/h2-3,6H,4-5,7H2,1H3,(H,12,13);2-6H,1H3. The van der Waals surface area contributed by atoms with Crippen molar-refractivity contribution in [2.75, 3.05) is 0 Å². The van der Waals surface area contributed by atoms with Gasteiger partial charge in [-0.2, -0.15) is 0 Å². The molecule has 1 N–H and O–H groups in total. The number of nitrogens with one attached hydrogen (secondary N) is 1. The minimum atomic E-state index is 0.142. The van der Waals surface area contributed by atoms with Gasteiger partial charge in [0.05, 0.1) is 0 Å². The first kappa shape index (κ1) is 14.3. The zero-order chi connectivity index (χ0) is 14.4. The molecule has 3 rings (SSSR count). The Bertz CT molecular complexity index is 564. The molecule has 2 aliphatic rings. The second-order valence-corrected chi connectivity index (χ2v) is 5.21. The lowest BCUT2D eigenvalue weighted by molar-refractivity contribution is -0.120. The molecule has 0 saturated heterocycles. The third kappa shape index (κ3) is 4.23. The summed E-state index contributed by atoms with van der Waals surface area (Å²) < 4.78 is 0. The molecule has 0 spiro atoms. The maximum atomic E-state index is 11.1. The van der Waals surface area contributed by atoms with Gasteiger partial charge >= 0.3 is 0 Å². The highest BCUT2D eigenvalue weighted by molar-refractivity contribution is 5.80. The molecule has 1 amide bonds. The zero-order valence-corrected chi connectivity index (χ0v) is 12.1. The number of carbonyl (C=O) groups is 1. The van der Waals surface area contributed by atoms with E-state index in [0.717, 1.165) is 18.5 Å². The topological polar surface area (TPSA) is 29.1 Å². The van der Waals surface area contributed by atoms with Gasteiger partial charge in [0.25, 0.3) is 0 Å². The van der Waals surface area contributed by atoms with Crippen LogP contribution in [0.2, 0.25) is 0 Å². The van der Waals surface area contributed by atoms with Gasteiger partial charge in [0.15, 0.2) is 0 Å². The summed E-state index contributed by atoms with van der Waals surface area (Å²) in [6.07, 6.45) is 8.79. The third-order valence-electron chi connectivity index (χ3n) is 3.43. The molecule has 0 aromatic heterocycles. The minimum Gasteiger partial charge on any atom is -0.326 e. The lowest BCUT2D eigenvalue weighted by atomic mass is 10.0. The largest absolute Gasteiger partial charge is 0.326 e. The number of carbonyl (C=O) groups excluding carboxylic acids is 1. The predicted octanol–water partition coefficient (Wildman–Crippen LogP) is 4.05. The Morgan fingerprint density at radius 1 is 1.00 bits per heavy atom. The van der Waals surface area contributed by atoms with Crippen molar-refractivity contribution in [3.8, 4) is 0 Å². The summed E-state index contributed by atoms with van der Waals surface area (Å²) in [5.74, 6) is 0.142. The molecule has 0 fully saturated rings. The number of benzene rings is 1. The van der Waals surface area contributed by atoms with Gasteiger partial charge < -0.3 is 5.32 Å². The van der Waals surface area contributed by atoms with Crippen LogP contribution in [-0.4, -0.2) is 5.91 Å². The van der Waals surface area contributed by atoms with Gasteiger partial charge in [0, 0.05) is 12.1 Å². The van der Waals surface area contributed by atoms with Gasteiger partial charge in [-0.25, -0.2) is 0 Å². The summed E-state index contributed by atoms with van der Waals surface area (Å²) >= 11 is 0. The van der Waals surface area contributed by atoms with E-state index >= 15 is 0 Å². The number of amides is 1. The van der Waals surface area contributed by atoms with Crippen LogP contribution in [0.3, 0.4) is 0 Å². The van der Waals surface area contributed by atoms with Crippen molar-refractivity contribution in [2.24, 2.45) is 0 Å². The van der Waals surface area contributed by atoms with E-state index in [1.807, 2.05) is 30.4 Å². The summed E-state index contributed by atoms with van der Waals surface area (Å²) in [4.78, 5) is 11.1. The van der Waals surface area contributed by atoms with Crippen LogP contribution in [0.1, 0.15) is 31.7 Å². The number of hydrogen-bond acceptors (Lipinski definition) is 1. The predicted molar refractivity (Wildman–Crippen MR) is 83.1 cm³/mol. The molecular formula is C18H21NO. The van der Waals surface area contributed by atoms with Gasteiger partial charge in [-0.15, -0.1) is 0 Å². The summed E-state index contributed by atoms with van der Waals surface area (Å²) in [6, 6.07) is 10.3. The van der Waals surface area contributed by atoms with Crippen LogP contribution < -0.4 is 5.32 Å². The average Bonchev–Trinajstić information content (AvgIpc) is 2.63. The van der Waals surface area contributed by atoms with Crippen molar-refractivity contribution in [1.29, 1.82) is 0 Å².